The topological polar surface area (TPSA) is 47.0 Å². The number of nitrogens with one attached hydrogen (secondary N) is 1. The molecule has 100 valence electrons. The van der Waals surface area contributed by atoms with Crippen LogP contribution in [0.1, 0.15) is 11.5 Å². The molecule has 4 nitrogen and oxygen atoms in total. The Kier molecular flexibility index (Phi) is 5.18. The highest BCUT2D eigenvalue weighted by molar-refractivity contribution is 7.98. The maximum Gasteiger partial charge on any atom is 0.141 e. The van der Waals surface area contributed by atoms with E-state index in [2.05, 4.69) is 27.4 Å². The van der Waals surface area contributed by atoms with E-state index in [0.29, 0.717) is 6.61 Å². The van der Waals surface area contributed by atoms with E-state index in [4.69, 9.17) is 4.74 Å². The number of aromatic nitrogens is 2. The molecule has 0 bridgehead atoms. The summed E-state index contributed by atoms with van der Waals surface area (Å²) in [4.78, 5) is 10.2. The average Bonchev–Trinajstić information content (AvgIpc) is 2.46. The van der Waals surface area contributed by atoms with Gasteiger partial charge in [0.1, 0.15) is 11.6 Å². The van der Waals surface area contributed by atoms with Crippen LogP contribution in [-0.2, 0) is 17.1 Å². The van der Waals surface area contributed by atoms with Crippen molar-refractivity contribution in [3.05, 3.63) is 47.9 Å². The minimum atomic E-state index is 0.500. The van der Waals surface area contributed by atoms with Gasteiger partial charge in [0.15, 0.2) is 0 Å². The van der Waals surface area contributed by atoms with Gasteiger partial charge in [0.25, 0.3) is 0 Å². The third-order valence-electron chi connectivity index (χ3n) is 2.49. The maximum absolute atomic E-state index is 5.12. The predicted octanol–water partition coefficient (Wildman–Crippen LogP) is 2.96. The molecule has 5 heteroatoms. The molecular weight excluding hydrogens is 258 g/mol. The Morgan fingerprint density at radius 2 is 2.00 bits per heavy atom. The first kappa shape index (κ1) is 13.8. The molecule has 0 spiro atoms. The molecule has 1 N–H and O–H groups in total. The van der Waals surface area contributed by atoms with Gasteiger partial charge in [0, 0.05) is 25.1 Å². The lowest BCUT2D eigenvalue weighted by Gasteiger charge is -2.07. The lowest BCUT2D eigenvalue weighted by atomic mass is 10.4. The third kappa shape index (κ3) is 4.22. The van der Waals surface area contributed by atoms with Gasteiger partial charge in [-0.15, -0.1) is 11.8 Å². The number of nitrogens with zero attached hydrogens (tertiary/aromatic N) is 2. The Balaban J connectivity index is 2.08. The van der Waals surface area contributed by atoms with Gasteiger partial charge in [-0.3, -0.25) is 0 Å². The van der Waals surface area contributed by atoms with Crippen molar-refractivity contribution in [2.75, 3.05) is 19.5 Å². The van der Waals surface area contributed by atoms with Crippen LogP contribution in [0.5, 0.6) is 0 Å². The fraction of sp³-hybridized carbons (Fsp3) is 0.286. The zero-order valence-corrected chi connectivity index (χ0v) is 11.9. The summed E-state index contributed by atoms with van der Waals surface area (Å²) < 4.78 is 5.12. The van der Waals surface area contributed by atoms with E-state index in [1.807, 2.05) is 31.3 Å². The molecule has 0 atom stereocenters. The normalized spacial score (nSPS) is 10.4. The van der Waals surface area contributed by atoms with E-state index in [9.17, 15) is 0 Å². The van der Waals surface area contributed by atoms with Gasteiger partial charge in [0.05, 0.1) is 18.1 Å². The van der Waals surface area contributed by atoms with E-state index >= 15 is 0 Å². The summed E-state index contributed by atoms with van der Waals surface area (Å²) in [5.74, 6) is 2.38. The van der Waals surface area contributed by atoms with Crippen LogP contribution in [0, 0.1) is 0 Å². The molecule has 2 rings (SSSR count). The van der Waals surface area contributed by atoms with Gasteiger partial charge in [-0.1, -0.05) is 18.2 Å². The first-order valence-corrected chi connectivity index (χ1v) is 7.01. The predicted molar refractivity (Wildman–Crippen MR) is 78.3 cm³/mol. The second-order valence-corrected chi connectivity index (χ2v) is 4.99. The molecule has 0 fully saturated rings. The minimum absolute atomic E-state index is 0.500. The second kappa shape index (κ2) is 7.11. The summed E-state index contributed by atoms with van der Waals surface area (Å²) in [5, 5.41) is 3.05. The molecule has 0 aliphatic heterocycles. The Labute approximate surface area is 117 Å². The number of hydrogen-bond donors (Lipinski definition) is 1. The molecule has 1 aromatic carbocycles. The van der Waals surface area contributed by atoms with Crippen LogP contribution in [0.25, 0.3) is 0 Å². The summed E-state index contributed by atoms with van der Waals surface area (Å²) in [7, 11) is 3.52. The fourth-order valence-corrected chi connectivity index (χ4v) is 2.41. The van der Waals surface area contributed by atoms with Crippen molar-refractivity contribution in [1.82, 2.24) is 9.97 Å². The zero-order chi connectivity index (χ0) is 13.5. The highest BCUT2D eigenvalue weighted by Gasteiger charge is 2.04. The SMILES string of the molecule is CNc1cc(COC)nc(CSc2ccccc2)n1. The maximum atomic E-state index is 5.12. The monoisotopic (exact) mass is 275 g/mol. The van der Waals surface area contributed by atoms with Crippen LogP contribution in [0.15, 0.2) is 41.3 Å². The van der Waals surface area contributed by atoms with Gasteiger partial charge in [-0.2, -0.15) is 0 Å². The number of benzene rings is 1. The molecule has 0 amide bonds. The van der Waals surface area contributed by atoms with E-state index in [-0.39, 0.29) is 0 Å². The Bertz CT molecular complexity index is 519. The van der Waals surface area contributed by atoms with Crippen molar-refractivity contribution in [2.24, 2.45) is 0 Å². The quantitative estimate of drug-likeness (QED) is 0.821. The standard InChI is InChI=1S/C14H17N3OS/c1-15-13-8-11(9-18-2)16-14(17-13)10-19-12-6-4-3-5-7-12/h3-8H,9-10H2,1-2H3,(H,15,16,17). The van der Waals surface area contributed by atoms with E-state index in [1.165, 1.54) is 4.90 Å². The number of hydrogen-bond acceptors (Lipinski definition) is 5. The van der Waals surface area contributed by atoms with Crippen LogP contribution in [0.2, 0.25) is 0 Å². The van der Waals surface area contributed by atoms with Crippen LogP contribution >= 0.6 is 11.8 Å². The first-order chi connectivity index (χ1) is 9.31. The Morgan fingerprint density at radius 1 is 1.21 bits per heavy atom. The third-order valence-corrected chi connectivity index (χ3v) is 3.49. The molecule has 0 saturated carbocycles. The molecule has 1 aromatic heterocycles. The number of anilines is 1. The van der Waals surface area contributed by atoms with Crippen LogP contribution in [0.3, 0.4) is 0 Å². The van der Waals surface area contributed by atoms with Crippen molar-refractivity contribution in [3.8, 4) is 0 Å². The number of methoxy groups -OCH3 is 1. The summed E-state index contributed by atoms with van der Waals surface area (Å²) >= 11 is 1.73. The van der Waals surface area contributed by atoms with Gasteiger partial charge < -0.3 is 10.1 Å². The largest absolute Gasteiger partial charge is 0.378 e. The fourth-order valence-electron chi connectivity index (χ4n) is 1.63. The van der Waals surface area contributed by atoms with Crippen LogP contribution in [-0.4, -0.2) is 24.1 Å². The Hall–Kier alpha value is -1.59. The highest BCUT2D eigenvalue weighted by Crippen LogP contribution is 2.21. The molecule has 1 heterocycles. The Morgan fingerprint density at radius 3 is 2.68 bits per heavy atom. The van der Waals surface area contributed by atoms with E-state index in [0.717, 1.165) is 23.1 Å². The lowest BCUT2D eigenvalue weighted by molar-refractivity contribution is 0.181. The van der Waals surface area contributed by atoms with Crippen molar-refractivity contribution >= 4 is 17.6 Å². The number of ether oxygens (including phenoxy) is 1. The molecule has 0 aliphatic carbocycles. The van der Waals surface area contributed by atoms with Crippen molar-refractivity contribution in [1.29, 1.82) is 0 Å². The van der Waals surface area contributed by atoms with Crippen molar-refractivity contribution < 1.29 is 4.74 Å². The van der Waals surface area contributed by atoms with Crippen molar-refractivity contribution in [3.63, 3.8) is 0 Å². The summed E-state index contributed by atoms with van der Waals surface area (Å²) in [6.07, 6.45) is 0. The second-order valence-electron chi connectivity index (χ2n) is 3.95. The molecule has 2 aromatic rings. The van der Waals surface area contributed by atoms with Gasteiger partial charge >= 0.3 is 0 Å². The molecule has 0 unspecified atom stereocenters. The highest BCUT2D eigenvalue weighted by atomic mass is 32.2. The van der Waals surface area contributed by atoms with E-state index < -0.39 is 0 Å². The summed E-state index contributed by atoms with van der Waals surface area (Å²) in [5.41, 5.74) is 0.894. The summed E-state index contributed by atoms with van der Waals surface area (Å²) in [6, 6.07) is 12.2. The van der Waals surface area contributed by atoms with Gasteiger partial charge in [-0.05, 0) is 12.1 Å². The smallest absolute Gasteiger partial charge is 0.141 e. The molecule has 19 heavy (non-hydrogen) atoms. The number of rotatable bonds is 6. The van der Waals surface area contributed by atoms with Crippen LogP contribution < -0.4 is 5.32 Å². The zero-order valence-electron chi connectivity index (χ0n) is 11.1. The van der Waals surface area contributed by atoms with E-state index in [1.54, 1.807) is 18.9 Å². The minimum Gasteiger partial charge on any atom is -0.378 e. The number of thioether (sulfide) groups is 1. The molecule has 0 radical (unpaired) electrons. The summed E-state index contributed by atoms with van der Waals surface area (Å²) in [6.45, 7) is 0.500. The molecule has 0 aliphatic rings. The molecule has 0 saturated heterocycles. The lowest BCUT2D eigenvalue weighted by Crippen LogP contribution is -2.03. The first-order valence-electron chi connectivity index (χ1n) is 6.03. The van der Waals surface area contributed by atoms with Gasteiger partial charge in [-0.25, -0.2) is 9.97 Å². The average molecular weight is 275 g/mol. The van der Waals surface area contributed by atoms with Crippen molar-refractivity contribution in [2.45, 2.75) is 17.3 Å². The molecular formula is C14H17N3OS. The van der Waals surface area contributed by atoms with Crippen LogP contribution in [0.4, 0.5) is 5.82 Å². The van der Waals surface area contributed by atoms with Gasteiger partial charge in [0.2, 0.25) is 0 Å².